The van der Waals surface area contributed by atoms with E-state index in [1.807, 2.05) is 13.0 Å². The number of sulfonamides is 2. The van der Waals surface area contributed by atoms with Crippen molar-refractivity contribution in [1.82, 2.24) is 0 Å². The van der Waals surface area contributed by atoms with Gasteiger partial charge in [-0.25, -0.2) is 16.8 Å². The normalized spacial score (nSPS) is 12.1. The molecule has 2 N–H and O–H groups in total. The van der Waals surface area contributed by atoms with Crippen LogP contribution in [0.4, 0.5) is 11.4 Å². The van der Waals surface area contributed by atoms with E-state index in [2.05, 4.69) is 9.44 Å². The highest BCUT2D eigenvalue weighted by Gasteiger charge is 2.17. The molecule has 0 heterocycles. The van der Waals surface area contributed by atoms with Crippen molar-refractivity contribution in [3.8, 4) is 0 Å². The fourth-order valence-corrected chi connectivity index (χ4v) is 4.86. The van der Waals surface area contributed by atoms with E-state index in [0.29, 0.717) is 21.8 Å². The molecule has 9 heteroatoms. The van der Waals surface area contributed by atoms with E-state index in [-0.39, 0.29) is 10.6 Å². The van der Waals surface area contributed by atoms with Crippen LogP contribution in [0.3, 0.4) is 0 Å². The van der Waals surface area contributed by atoms with Crippen molar-refractivity contribution in [2.24, 2.45) is 0 Å². The van der Waals surface area contributed by atoms with Gasteiger partial charge in [-0.3, -0.25) is 9.44 Å². The molecule has 3 aromatic carbocycles. The Hall–Kier alpha value is -2.81. The summed E-state index contributed by atoms with van der Waals surface area (Å²) in [5.74, 6) is 0. The largest absolute Gasteiger partial charge is 0.280 e. The van der Waals surface area contributed by atoms with Crippen molar-refractivity contribution in [3.05, 3.63) is 93.9 Å². The zero-order valence-electron chi connectivity index (χ0n) is 16.8. The Morgan fingerprint density at radius 1 is 0.839 bits per heavy atom. The third-order valence-electron chi connectivity index (χ3n) is 4.35. The second-order valence-corrected chi connectivity index (χ2v) is 10.6. The van der Waals surface area contributed by atoms with Crippen molar-refractivity contribution in [2.45, 2.75) is 18.7 Å². The molecule has 0 saturated carbocycles. The fraction of sp³-hybridized carbons (Fsp3) is 0.0909. The fourth-order valence-electron chi connectivity index (χ4n) is 2.73. The van der Waals surface area contributed by atoms with E-state index >= 15 is 0 Å². The smallest absolute Gasteiger partial charge is 0.261 e. The summed E-state index contributed by atoms with van der Waals surface area (Å²) in [7, 11) is -7.77. The Bertz CT molecular complexity index is 1330. The minimum Gasteiger partial charge on any atom is -0.280 e. The molecule has 0 fully saturated rings. The van der Waals surface area contributed by atoms with Gasteiger partial charge in [-0.15, -0.1) is 0 Å². The van der Waals surface area contributed by atoms with Crippen molar-refractivity contribution < 1.29 is 16.8 Å². The lowest BCUT2D eigenvalue weighted by atomic mass is 10.2. The third-order valence-corrected chi connectivity index (χ3v) is 6.98. The average Bonchev–Trinajstić information content (AvgIpc) is 2.69. The van der Waals surface area contributed by atoms with Gasteiger partial charge in [-0.2, -0.15) is 0 Å². The number of nitrogens with one attached hydrogen (secondary N) is 2. The lowest BCUT2D eigenvalue weighted by Gasteiger charge is -2.12. The summed E-state index contributed by atoms with van der Waals surface area (Å²) in [5, 5.41) is 1.56. The highest BCUT2D eigenvalue weighted by atomic mass is 35.5. The molecule has 0 saturated heterocycles. The zero-order valence-corrected chi connectivity index (χ0v) is 19.2. The highest BCUT2D eigenvalue weighted by molar-refractivity contribution is 7.95. The Kier molecular flexibility index (Phi) is 6.74. The first-order valence-corrected chi connectivity index (χ1v) is 12.6. The van der Waals surface area contributed by atoms with Crippen LogP contribution in [0.25, 0.3) is 6.08 Å². The lowest BCUT2D eigenvalue weighted by Crippen LogP contribution is -2.15. The zero-order chi connectivity index (χ0) is 22.6. The highest BCUT2D eigenvalue weighted by Crippen LogP contribution is 2.24. The van der Waals surface area contributed by atoms with Crippen LogP contribution < -0.4 is 9.44 Å². The Labute approximate surface area is 187 Å². The van der Waals surface area contributed by atoms with Crippen LogP contribution in [-0.2, 0) is 20.0 Å². The van der Waals surface area contributed by atoms with Gasteiger partial charge >= 0.3 is 0 Å². The predicted molar refractivity (Wildman–Crippen MR) is 126 cm³/mol. The minimum absolute atomic E-state index is 0.0565. The van der Waals surface area contributed by atoms with Crippen molar-refractivity contribution >= 4 is 49.1 Å². The molecule has 0 radical (unpaired) electrons. The minimum atomic E-state index is -3.90. The molecule has 0 aromatic heterocycles. The molecule has 3 aromatic rings. The molecule has 162 valence electrons. The molecule has 0 atom stereocenters. The van der Waals surface area contributed by atoms with E-state index < -0.39 is 20.0 Å². The molecule has 0 aliphatic carbocycles. The topological polar surface area (TPSA) is 92.3 Å². The first kappa shape index (κ1) is 22.9. The maximum atomic E-state index is 12.8. The Morgan fingerprint density at radius 2 is 1.55 bits per heavy atom. The molecule has 0 unspecified atom stereocenters. The summed E-state index contributed by atoms with van der Waals surface area (Å²) in [6.45, 7) is 3.54. The van der Waals surface area contributed by atoms with Crippen LogP contribution in [0.1, 0.15) is 16.7 Å². The third kappa shape index (κ3) is 6.33. The van der Waals surface area contributed by atoms with E-state index in [1.54, 1.807) is 55.5 Å². The molecule has 3 rings (SSSR count). The maximum absolute atomic E-state index is 12.8. The standard InChI is InChI=1S/C22H21ClN2O4S2/c1-16-4-3-5-20(14-16)24-31(28,29)21-11-6-17(2)22(15-21)25-30(26,27)13-12-18-7-9-19(23)10-8-18/h3-15,24-25H,1-2H3/b13-12+. The van der Waals surface area contributed by atoms with E-state index in [0.717, 1.165) is 11.0 Å². The van der Waals surface area contributed by atoms with Crippen molar-refractivity contribution in [2.75, 3.05) is 9.44 Å². The number of hydrogen-bond donors (Lipinski definition) is 2. The lowest BCUT2D eigenvalue weighted by molar-refractivity contribution is 0.600. The molecule has 0 spiro atoms. The molecule has 0 aliphatic rings. The van der Waals surface area contributed by atoms with Crippen LogP contribution in [0.2, 0.25) is 5.02 Å². The summed E-state index contributed by atoms with van der Waals surface area (Å²) >= 11 is 5.83. The van der Waals surface area contributed by atoms with Crippen LogP contribution in [0.5, 0.6) is 0 Å². The summed E-state index contributed by atoms with van der Waals surface area (Å²) < 4.78 is 55.4. The number of anilines is 2. The summed E-state index contributed by atoms with van der Waals surface area (Å²) in [6.07, 6.45) is 1.42. The van der Waals surface area contributed by atoms with Gasteiger partial charge in [0.1, 0.15) is 0 Å². The average molecular weight is 477 g/mol. The van der Waals surface area contributed by atoms with Crippen LogP contribution in [0.15, 0.2) is 77.0 Å². The van der Waals surface area contributed by atoms with E-state index in [1.165, 1.54) is 18.2 Å². The van der Waals surface area contributed by atoms with E-state index in [4.69, 9.17) is 11.6 Å². The van der Waals surface area contributed by atoms with Crippen molar-refractivity contribution in [1.29, 1.82) is 0 Å². The maximum Gasteiger partial charge on any atom is 0.261 e. The van der Waals surface area contributed by atoms with Gasteiger partial charge < -0.3 is 0 Å². The second-order valence-electron chi connectivity index (χ2n) is 6.95. The Morgan fingerprint density at radius 3 is 2.23 bits per heavy atom. The first-order valence-electron chi connectivity index (χ1n) is 9.21. The van der Waals surface area contributed by atoms with Crippen LogP contribution in [-0.4, -0.2) is 16.8 Å². The van der Waals surface area contributed by atoms with Gasteiger partial charge in [0.05, 0.1) is 16.0 Å². The van der Waals surface area contributed by atoms with Gasteiger partial charge in [-0.1, -0.05) is 41.9 Å². The Balaban J connectivity index is 1.84. The molecule has 0 amide bonds. The van der Waals surface area contributed by atoms with Crippen LogP contribution in [0, 0.1) is 13.8 Å². The van der Waals surface area contributed by atoms with Crippen molar-refractivity contribution in [3.63, 3.8) is 0 Å². The molecule has 0 bridgehead atoms. The van der Waals surface area contributed by atoms with E-state index in [9.17, 15) is 16.8 Å². The summed E-state index contributed by atoms with van der Waals surface area (Å²) in [5.41, 5.74) is 2.75. The number of hydrogen-bond acceptors (Lipinski definition) is 4. The number of aryl methyl sites for hydroxylation is 2. The van der Waals surface area contributed by atoms with Gasteiger partial charge in [-0.05, 0) is 73.0 Å². The number of halogens is 1. The first-order chi connectivity index (χ1) is 14.5. The molecule has 6 nitrogen and oxygen atoms in total. The van der Waals surface area contributed by atoms with Gasteiger partial charge in [0.2, 0.25) is 0 Å². The molecular weight excluding hydrogens is 456 g/mol. The quantitative estimate of drug-likeness (QED) is 0.492. The number of benzene rings is 3. The molecular formula is C22H21ClN2O4S2. The second kappa shape index (κ2) is 9.13. The summed E-state index contributed by atoms with van der Waals surface area (Å²) in [6, 6.07) is 17.9. The van der Waals surface area contributed by atoms with Gasteiger partial charge in [0.15, 0.2) is 0 Å². The molecule has 31 heavy (non-hydrogen) atoms. The SMILES string of the molecule is Cc1cccc(NS(=O)(=O)c2ccc(C)c(NS(=O)(=O)/C=C/c3ccc(Cl)cc3)c2)c1. The molecule has 0 aliphatic heterocycles. The van der Waals surface area contributed by atoms with Gasteiger partial charge in [0.25, 0.3) is 20.0 Å². The summed E-state index contributed by atoms with van der Waals surface area (Å²) in [4.78, 5) is -0.0565. The number of rotatable bonds is 7. The monoisotopic (exact) mass is 476 g/mol. The van der Waals surface area contributed by atoms with Crippen LogP contribution >= 0.6 is 11.6 Å². The van der Waals surface area contributed by atoms with Gasteiger partial charge in [0, 0.05) is 10.7 Å². The predicted octanol–water partition coefficient (Wildman–Crippen LogP) is 5.17.